The molecule has 0 aliphatic rings. The number of aliphatic imine (C=N–C) groups is 2. The van der Waals surface area contributed by atoms with Gasteiger partial charge in [0.2, 0.25) is 0 Å². The van der Waals surface area contributed by atoms with Crippen molar-refractivity contribution in [1.82, 2.24) is 0 Å². The molecule has 0 bridgehead atoms. The Hall–Kier alpha value is -8.84. The molecule has 3 heterocycles. The highest BCUT2D eigenvalue weighted by Crippen LogP contribution is 2.44. The second-order valence-electron chi connectivity index (χ2n) is 17.4. The monoisotopic (exact) mass is 919 g/mol. The first-order valence-corrected chi connectivity index (χ1v) is 24.2. The maximum atomic E-state index is 6.92. The summed E-state index contributed by atoms with van der Waals surface area (Å²) in [6.07, 6.45) is 7.85. The Balaban J connectivity index is 0.951. The highest BCUT2D eigenvalue weighted by atomic mass is 32.1. The Morgan fingerprint density at radius 3 is 2.13 bits per heavy atom. The molecule has 12 aromatic rings. The molecule has 6 heteroatoms. The third-order valence-corrected chi connectivity index (χ3v) is 14.2. The lowest BCUT2D eigenvalue weighted by molar-refractivity contribution is 0.668. The van der Waals surface area contributed by atoms with Gasteiger partial charge in [0.1, 0.15) is 28.2 Å². The molecular formula is C64H45N3O2S. The number of rotatable bonds is 10. The number of nitrogens with zero attached hydrogens (tertiary/aromatic N) is 2. The van der Waals surface area contributed by atoms with Crippen molar-refractivity contribution in [2.75, 3.05) is 0 Å². The van der Waals surface area contributed by atoms with Gasteiger partial charge < -0.3 is 14.6 Å². The topological polar surface area (TPSA) is 77.0 Å². The summed E-state index contributed by atoms with van der Waals surface area (Å²) in [5, 5.41) is 6.75. The predicted octanol–water partition coefficient (Wildman–Crippen LogP) is 17.4. The van der Waals surface area contributed by atoms with Crippen molar-refractivity contribution in [3.63, 3.8) is 0 Å². The fraction of sp³-hybridized carbons (Fsp3) is 0.0312. The minimum absolute atomic E-state index is 0.337. The molecule has 0 atom stereocenters. The van der Waals surface area contributed by atoms with Gasteiger partial charge in [-0.05, 0) is 100.0 Å². The van der Waals surface area contributed by atoms with Crippen LogP contribution in [0.15, 0.2) is 244 Å². The van der Waals surface area contributed by atoms with Crippen molar-refractivity contribution in [3.05, 3.63) is 247 Å². The normalized spacial score (nSPS) is 12.7. The first kappa shape index (κ1) is 42.5. The third-order valence-electron chi connectivity index (χ3n) is 13.1. The molecule has 0 saturated heterocycles. The summed E-state index contributed by atoms with van der Waals surface area (Å²) in [6.45, 7) is 6.26. The molecule has 3 aromatic heterocycles. The first-order valence-electron chi connectivity index (χ1n) is 23.4. The molecule has 9 aromatic carbocycles. The lowest BCUT2D eigenvalue weighted by Gasteiger charge is -2.10. The Kier molecular flexibility index (Phi) is 10.9. The highest BCUT2D eigenvalue weighted by Gasteiger charge is 2.19. The average Bonchev–Trinajstić information content (AvgIpc) is 4.11. The summed E-state index contributed by atoms with van der Waals surface area (Å²) >= 11 is 1.83. The van der Waals surface area contributed by atoms with Crippen molar-refractivity contribution in [3.8, 4) is 33.4 Å². The summed E-state index contributed by atoms with van der Waals surface area (Å²) in [6, 6.07) is 67.6. The van der Waals surface area contributed by atoms with Crippen LogP contribution < -0.4 is 5.73 Å². The minimum atomic E-state index is 0.337. The molecule has 5 nitrogen and oxygen atoms in total. The average molecular weight is 920 g/mol. The SMILES string of the molecule is C=C/C=C(\C=C/C)c1cccc(C(N)=NC(=NCc2cccc3oc4ccc(-c5cccc6oc7c(-c8ccc9c(c8)sc8ccccc89)cccc7c56)cc4c23)c2cccc(-c3ccccc3)c2)c1. The van der Waals surface area contributed by atoms with Crippen LogP contribution in [0.1, 0.15) is 29.2 Å². The van der Waals surface area contributed by atoms with E-state index in [0.29, 0.717) is 18.2 Å². The van der Waals surface area contributed by atoms with Crippen LogP contribution in [-0.4, -0.2) is 11.7 Å². The van der Waals surface area contributed by atoms with E-state index in [2.05, 4.69) is 152 Å². The smallest absolute Gasteiger partial charge is 0.157 e. The van der Waals surface area contributed by atoms with E-state index in [0.717, 1.165) is 105 Å². The van der Waals surface area contributed by atoms with Crippen LogP contribution in [-0.2, 0) is 6.54 Å². The Morgan fingerprint density at radius 2 is 1.24 bits per heavy atom. The van der Waals surface area contributed by atoms with Crippen molar-refractivity contribution in [2.45, 2.75) is 13.5 Å². The Morgan fingerprint density at radius 1 is 0.543 bits per heavy atom. The number of hydrogen-bond acceptors (Lipinski definition) is 4. The first-order chi connectivity index (χ1) is 34.5. The minimum Gasteiger partial charge on any atom is -0.456 e. The van der Waals surface area contributed by atoms with Gasteiger partial charge in [0.05, 0.1) is 6.54 Å². The number of nitrogens with two attached hydrogens (primary N) is 1. The van der Waals surface area contributed by atoms with E-state index in [-0.39, 0.29) is 0 Å². The molecule has 70 heavy (non-hydrogen) atoms. The maximum Gasteiger partial charge on any atom is 0.157 e. The van der Waals surface area contributed by atoms with Crippen LogP contribution in [0.4, 0.5) is 0 Å². The Labute approximate surface area is 409 Å². The van der Waals surface area contributed by atoms with Crippen LogP contribution in [0.3, 0.4) is 0 Å². The molecule has 0 aliphatic carbocycles. The van der Waals surface area contributed by atoms with Gasteiger partial charge in [0.25, 0.3) is 0 Å². The van der Waals surface area contributed by atoms with Crippen LogP contribution >= 0.6 is 11.3 Å². The van der Waals surface area contributed by atoms with Gasteiger partial charge in [0.15, 0.2) is 5.84 Å². The highest BCUT2D eigenvalue weighted by molar-refractivity contribution is 7.25. The quantitative estimate of drug-likeness (QED) is 0.0843. The van der Waals surface area contributed by atoms with Crippen LogP contribution in [0.2, 0.25) is 0 Å². The number of thiophene rings is 1. The van der Waals surface area contributed by atoms with Gasteiger partial charge >= 0.3 is 0 Å². The van der Waals surface area contributed by atoms with E-state index in [1.165, 1.54) is 20.2 Å². The second-order valence-corrected chi connectivity index (χ2v) is 18.5. The van der Waals surface area contributed by atoms with Crippen molar-refractivity contribution < 1.29 is 8.83 Å². The second kappa shape index (κ2) is 18.0. The number of furan rings is 2. The van der Waals surface area contributed by atoms with Crippen molar-refractivity contribution in [2.24, 2.45) is 15.7 Å². The zero-order chi connectivity index (χ0) is 47.1. The lowest BCUT2D eigenvalue weighted by Crippen LogP contribution is -2.16. The molecule has 0 amide bonds. The third kappa shape index (κ3) is 7.70. The van der Waals surface area contributed by atoms with E-state index >= 15 is 0 Å². The fourth-order valence-corrected chi connectivity index (χ4v) is 11.0. The molecule has 0 fully saturated rings. The molecule has 0 spiro atoms. The number of fused-ring (bicyclic) bond motifs is 9. The van der Waals surface area contributed by atoms with E-state index < -0.39 is 0 Å². The number of amidine groups is 2. The largest absolute Gasteiger partial charge is 0.456 e. The predicted molar refractivity (Wildman–Crippen MR) is 297 cm³/mol. The summed E-state index contributed by atoms with van der Waals surface area (Å²) < 4.78 is 15.9. The van der Waals surface area contributed by atoms with Gasteiger partial charge in [0, 0.05) is 58.4 Å². The molecular weight excluding hydrogens is 875 g/mol. The molecule has 0 aliphatic heterocycles. The molecule has 334 valence electrons. The van der Waals surface area contributed by atoms with Crippen LogP contribution in [0.25, 0.3) is 103 Å². The molecule has 12 rings (SSSR count). The summed E-state index contributed by atoms with van der Waals surface area (Å²) in [5.74, 6) is 0.897. The molecule has 0 saturated carbocycles. The van der Waals surface area contributed by atoms with Crippen LogP contribution in [0.5, 0.6) is 0 Å². The van der Waals surface area contributed by atoms with Crippen molar-refractivity contribution in [1.29, 1.82) is 0 Å². The number of benzene rings is 9. The Bertz CT molecular complexity index is 4140. The summed E-state index contributed by atoms with van der Waals surface area (Å²) in [7, 11) is 0. The lowest BCUT2D eigenvalue weighted by atomic mass is 9.96. The van der Waals surface area contributed by atoms with Crippen molar-refractivity contribution >= 4 is 92.6 Å². The van der Waals surface area contributed by atoms with Gasteiger partial charge in [-0.1, -0.05) is 176 Å². The summed E-state index contributed by atoms with van der Waals surface area (Å²) in [4.78, 5) is 10.4. The van der Waals surface area contributed by atoms with Crippen LogP contribution in [0, 0.1) is 0 Å². The summed E-state index contributed by atoms with van der Waals surface area (Å²) in [5.41, 5.74) is 21.5. The maximum absolute atomic E-state index is 6.92. The molecule has 2 N–H and O–H groups in total. The fourth-order valence-electron chi connectivity index (χ4n) is 9.82. The van der Waals surface area contributed by atoms with E-state index in [9.17, 15) is 0 Å². The van der Waals surface area contributed by atoms with Gasteiger partial charge in [-0.2, -0.15) is 0 Å². The van der Waals surface area contributed by atoms with E-state index in [4.69, 9.17) is 24.6 Å². The van der Waals surface area contributed by atoms with Gasteiger partial charge in [-0.3, -0.25) is 4.99 Å². The number of para-hydroxylation sites is 1. The van der Waals surface area contributed by atoms with Gasteiger partial charge in [-0.25, -0.2) is 4.99 Å². The molecule has 0 radical (unpaired) electrons. The molecule has 0 unspecified atom stereocenters. The van der Waals surface area contributed by atoms with Gasteiger partial charge in [-0.15, -0.1) is 11.3 Å². The zero-order valence-corrected chi connectivity index (χ0v) is 39.2. The number of hydrogen-bond donors (Lipinski definition) is 1. The zero-order valence-electron chi connectivity index (χ0n) is 38.4. The van der Waals surface area contributed by atoms with E-state index in [1.54, 1.807) is 6.08 Å². The number of allylic oxidation sites excluding steroid dienone is 5. The standard InChI is InChI=1S/C64H45N3O2S/c1-3-15-40(16-4-2)42-19-10-21-46(35-42)63(65)67-64(47-22-11-20-43(36-47)41-17-6-5-7-18-41)66-39-48-23-12-28-56-60(48)54-37-44(32-34-55(54)68-56)49-25-14-29-57-61(49)53-27-13-26-50(62(53)69-57)45-31-33-52-51-24-8-9-30-58(51)70-59(52)38-45/h3-38H,1,39H2,2H3,(H2,65,66,67)/b16-4-,40-15+. The van der Waals surface area contributed by atoms with E-state index in [1.807, 2.05) is 85.0 Å².